The molecule has 2 aromatic carbocycles. The second-order valence-corrected chi connectivity index (χ2v) is 5.00. The summed E-state index contributed by atoms with van der Waals surface area (Å²) in [6, 6.07) is 12.0. The zero-order valence-corrected chi connectivity index (χ0v) is 12.5. The molecule has 1 atom stereocenters. The molecule has 2 aromatic rings. The molecule has 0 aliphatic carbocycles. The van der Waals surface area contributed by atoms with Crippen LogP contribution in [0.2, 0.25) is 0 Å². The first-order valence-corrected chi connectivity index (χ1v) is 7.05. The quantitative estimate of drug-likeness (QED) is 0.791. The minimum atomic E-state index is -0.707. The van der Waals surface area contributed by atoms with Gasteiger partial charge in [-0.05, 0) is 23.8 Å². The van der Waals surface area contributed by atoms with Gasteiger partial charge in [-0.2, -0.15) is 0 Å². The van der Waals surface area contributed by atoms with E-state index in [1.807, 2.05) is 6.07 Å². The third kappa shape index (κ3) is 4.37. The maximum Gasteiger partial charge on any atom is 0.254 e. The fourth-order valence-corrected chi connectivity index (χ4v) is 2.14. The van der Waals surface area contributed by atoms with Crippen molar-refractivity contribution in [1.29, 1.82) is 0 Å². The Morgan fingerprint density at radius 2 is 1.87 bits per heavy atom. The third-order valence-electron chi connectivity index (χ3n) is 3.22. The molecule has 120 valence electrons. The van der Waals surface area contributed by atoms with Gasteiger partial charge in [-0.1, -0.05) is 30.3 Å². The highest BCUT2D eigenvalue weighted by Crippen LogP contribution is 2.17. The molecule has 0 spiro atoms. The first kappa shape index (κ1) is 16.6. The van der Waals surface area contributed by atoms with E-state index in [2.05, 4.69) is 10.6 Å². The Kier molecular flexibility index (Phi) is 5.43. The third-order valence-corrected chi connectivity index (χ3v) is 3.22. The molecule has 5 nitrogen and oxygen atoms in total. The van der Waals surface area contributed by atoms with Crippen LogP contribution >= 0.6 is 0 Å². The zero-order chi connectivity index (χ0) is 16.8. The van der Waals surface area contributed by atoms with E-state index in [0.717, 1.165) is 6.07 Å². The van der Waals surface area contributed by atoms with Crippen molar-refractivity contribution in [2.45, 2.75) is 13.0 Å². The van der Waals surface area contributed by atoms with Crippen LogP contribution in [0.5, 0.6) is 0 Å². The van der Waals surface area contributed by atoms with Crippen molar-refractivity contribution in [3.63, 3.8) is 0 Å². The largest absolute Gasteiger partial charge is 0.394 e. The van der Waals surface area contributed by atoms with Crippen LogP contribution in [-0.2, 0) is 4.79 Å². The van der Waals surface area contributed by atoms with Gasteiger partial charge < -0.3 is 15.7 Å². The Bertz CT molecular complexity index is 704. The summed E-state index contributed by atoms with van der Waals surface area (Å²) in [6.45, 7) is 1.00. The van der Waals surface area contributed by atoms with Crippen LogP contribution in [0.1, 0.15) is 28.9 Å². The number of hydrogen-bond donors (Lipinski definition) is 3. The molecule has 0 saturated heterocycles. The van der Waals surface area contributed by atoms with Gasteiger partial charge in [0.2, 0.25) is 5.91 Å². The number of halogens is 1. The van der Waals surface area contributed by atoms with Gasteiger partial charge in [0.1, 0.15) is 5.82 Å². The van der Waals surface area contributed by atoms with Gasteiger partial charge in [-0.3, -0.25) is 9.59 Å². The lowest BCUT2D eigenvalue weighted by molar-refractivity contribution is -0.114. The molecule has 2 amide bonds. The lowest BCUT2D eigenvalue weighted by Crippen LogP contribution is -2.31. The summed E-state index contributed by atoms with van der Waals surface area (Å²) in [7, 11) is 0. The van der Waals surface area contributed by atoms with Crippen LogP contribution in [0.4, 0.5) is 10.1 Å². The Morgan fingerprint density at radius 1 is 1.17 bits per heavy atom. The lowest BCUT2D eigenvalue weighted by Gasteiger charge is -2.17. The van der Waals surface area contributed by atoms with Crippen LogP contribution in [0.15, 0.2) is 48.5 Å². The predicted octanol–water partition coefficient (Wildman–Crippen LogP) is 2.25. The molecule has 0 radical (unpaired) electrons. The number of amides is 2. The van der Waals surface area contributed by atoms with Gasteiger partial charge in [0.25, 0.3) is 5.91 Å². The van der Waals surface area contributed by atoms with E-state index in [0.29, 0.717) is 11.3 Å². The number of aliphatic hydroxyl groups is 1. The van der Waals surface area contributed by atoms with Gasteiger partial charge in [-0.25, -0.2) is 4.39 Å². The predicted molar refractivity (Wildman–Crippen MR) is 84.4 cm³/mol. The number of carbonyl (C=O) groups is 2. The van der Waals surface area contributed by atoms with Crippen LogP contribution in [-0.4, -0.2) is 23.5 Å². The Hall–Kier alpha value is -2.73. The molecule has 2 rings (SSSR count). The van der Waals surface area contributed by atoms with E-state index >= 15 is 0 Å². The molecule has 0 aliphatic heterocycles. The van der Waals surface area contributed by atoms with Crippen molar-refractivity contribution in [1.82, 2.24) is 5.32 Å². The maximum atomic E-state index is 13.9. The van der Waals surface area contributed by atoms with Gasteiger partial charge in [0, 0.05) is 12.6 Å². The van der Waals surface area contributed by atoms with Crippen molar-refractivity contribution >= 4 is 17.5 Å². The van der Waals surface area contributed by atoms with E-state index in [4.69, 9.17) is 0 Å². The smallest absolute Gasteiger partial charge is 0.254 e. The fraction of sp³-hybridized carbons (Fsp3) is 0.176. The van der Waals surface area contributed by atoms with Crippen LogP contribution in [0.3, 0.4) is 0 Å². The number of benzene rings is 2. The second-order valence-electron chi connectivity index (χ2n) is 5.00. The van der Waals surface area contributed by atoms with E-state index < -0.39 is 17.8 Å². The average Bonchev–Trinajstić information content (AvgIpc) is 2.54. The fourth-order valence-electron chi connectivity index (χ4n) is 2.14. The molecule has 0 saturated carbocycles. The monoisotopic (exact) mass is 316 g/mol. The topological polar surface area (TPSA) is 78.4 Å². The highest BCUT2D eigenvalue weighted by molar-refractivity contribution is 5.97. The van der Waals surface area contributed by atoms with E-state index in [1.54, 1.807) is 24.3 Å². The molecule has 0 aliphatic rings. The minimum absolute atomic E-state index is 0.203. The highest BCUT2D eigenvalue weighted by atomic mass is 19.1. The second kappa shape index (κ2) is 7.51. The molecule has 0 heterocycles. The van der Waals surface area contributed by atoms with E-state index in [-0.39, 0.29) is 18.1 Å². The van der Waals surface area contributed by atoms with Gasteiger partial charge in [0.15, 0.2) is 0 Å². The van der Waals surface area contributed by atoms with Crippen molar-refractivity contribution in [2.75, 3.05) is 11.9 Å². The molecule has 6 heteroatoms. The number of anilines is 1. The number of nitrogens with one attached hydrogen (secondary N) is 2. The number of rotatable bonds is 5. The van der Waals surface area contributed by atoms with Crippen LogP contribution < -0.4 is 10.6 Å². The Labute approximate surface area is 133 Å². The molecular weight excluding hydrogens is 299 g/mol. The molecule has 3 N–H and O–H groups in total. The summed E-state index contributed by atoms with van der Waals surface area (Å²) in [6.07, 6.45) is 0. The molecule has 0 aromatic heterocycles. The minimum Gasteiger partial charge on any atom is -0.394 e. The van der Waals surface area contributed by atoms with E-state index in [9.17, 15) is 19.1 Å². The molecule has 0 fully saturated rings. The molecule has 0 unspecified atom stereocenters. The van der Waals surface area contributed by atoms with Gasteiger partial charge in [0.05, 0.1) is 18.2 Å². The Balaban J connectivity index is 2.21. The van der Waals surface area contributed by atoms with Crippen molar-refractivity contribution < 1.29 is 19.1 Å². The van der Waals surface area contributed by atoms with Crippen molar-refractivity contribution in [3.05, 3.63) is 65.5 Å². The first-order chi connectivity index (χ1) is 11.0. The van der Waals surface area contributed by atoms with E-state index in [1.165, 1.54) is 19.1 Å². The van der Waals surface area contributed by atoms with Crippen LogP contribution in [0.25, 0.3) is 0 Å². The molecular formula is C17H17FN2O3. The average molecular weight is 316 g/mol. The van der Waals surface area contributed by atoms with Crippen molar-refractivity contribution in [3.8, 4) is 0 Å². The van der Waals surface area contributed by atoms with Gasteiger partial charge in [-0.15, -0.1) is 0 Å². The summed E-state index contributed by atoms with van der Waals surface area (Å²) < 4.78 is 13.9. The first-order valence-electron chi connectivity index (χ1n) is 7.05. The lowest BCUT2D eigenvalue weighted by atomic mass is 10.1. The summed E-state index contributed by atoms with van der Waals surface area (Å²) in [4.78, 5) is 23.3. The maximum absolute atomic E-state index is 13.9. The standard InChI is InChI=1S/C17H17FN2O3/c1-11(22)19-13-7-8-15(18)14(9-13)17(23)20-16(10-21)12-5-3-2-4-6-12/h2-9,16,21H,10H2,1H3,(H,19,22)(H,20,23)/t16-/m1/s1. The van der Waals surface area contributed by atoms with Crippen LogP contribution in [0, 0.1) is 5.82 Å². The number of hydrogen-bond acceptors (Lipinski definition) is 3. The molecule has 0 bridgehead atoms. The van der Waals surface area contributed by atoms with Gasteiger partial charge >= 0.3 is 0 Å². The summed E-state index contributed by atoms with van der Waals surface area (Å²) in [5.41, 5.74) is 0.830. The highest BCUT2D eigenvalue weighted by Gasteiger charge is 2.18. The number of aliphatic hydroxyl groups excluding tert-OH is 1. The number of carbonyl (C=O) groups excluding carboxylic acids is 2. The summed E-state index contributed by atoms with van der Waals surface area (Å²) in [5.74, 6) is -1.69. The SMILES string of the molecule is CC(=O)Nc1ccc(F)c(C(=O)N[C@H](CO)c2ccccc2)c1. The van der Waals surface area contributed by atoms with Crippen molar-refractivity contribution in [2.24, 2.45) is 0 Å². The molecule has 23 heavy (non-hydrogen) atoms. The zero-order valence-electron chi connectivity index (χ0n) is 12.5. The summed E-state index contributed by atoms with van der Waals surface area (Å²) >= 11 is 0. The Morgan fingerprint density at radius 3 is 2.48 bits per heavy atom. The normalized spacial score (nSPS) is 11.6. The summed E-state index contributed by atoms with van der Waals surface area (Å²) in [5, 5.41) is 14.5.